The summed E-state index contributed by atoms with van der Waals surface area (Å²) in [5.74, 6) is 0. The number of aromatic nitrogens is 1. The molecular weight excluding hydrogens is 605 g/mol. The topological polar surface area (TPSA) is 8.17 Å². The van der Waals surface area contributed by atoms with Crippen molar-refractivity contribution in [1.29, 1.82) is 0 Å². The number of hydrogen-bond acceptors (Lipinski definition) is 1. The maximum Gasteiger partial charge on any atom is 0.0782 e. The molecule has 234 valence electrons. The second-order valence-corrected chi connectivity index (χ2v) is 12.9. The maximum absolute atomic E-state index is 2.48. The van der Waals surface area contributed by atoms with Gasteiger partial charge in [0.1, 0.15) is 0 Å². The molecule has 2 nitrogen and oxygen atoms in total. The largest absolute Gasteiger partial charge is 0.308 e. The van der Waals surface area contributed by atoms with Crippen molar-refractivity contribution >= 4 is 71.2 Å². The first-order chi connectivity index (χ1) is 24.8. The molecule has 1 heterocycles. The van der Waals surface area contributed by atoms with Gasteiger partial charge in [0.15, 0.2) is 0 Å². The van der Waals surface area contributed by atoms with Gasteiger partial charge in [-0.05, 0) is 80.5 Å². The van der Waals surface area contributed by atoms with Crippen LogP contribution in [0.25, 0.3) is 70.9 Å². The van der Waals surface area contributed by atoms with Crippen LogP contribution in [0, 0.1) is 0 Å². The molecular formula is C48H32N2. The number of rotatable bonds is 5. The average molecular weight is 637 g/mol. The summed E-state index contributed by atoms with van der Waals surface area (Å²) in [6.45, 7) is 0. The van der Waals surface area contributed by atoms with Gasteiger partial charge in [-0.2, -0.15) is 0 Å². The van der Waals surface area contributed by atoms with Crippen molar-refractivity contribution in [3.63, 3.8) is 0 Å². The van der Waals surface area contributed by atoms with Crippen LogP contribution >= 0.6 is 0 Å². The molecule has 10 rings (SSSR count). The Hall–Kier alpha value is -6.64. The van der Waals surface area contributed by atoms with Crippen LogP contribution in [-0.2, 0) is 0 Å². The van der Waals surface area contributed by atoms with E-state index in [0.29, 0.717) is 0 Å². The summed E-state index contributed by atoms with van der Waals surface area (Å²) in [6.07, 6.45) is 0. The quantitative estimate of drug-likeness (QED) is 0.171. The summed E-state index contributed by atoms with van der Waals surface area (Å²) < 4.78 is 2.43. The standard InChI is InChI=1S/C48H32N2/c1-3-13-33(14-4-1)34-25-29-38(30-26-34)49(45-23-11-16-36-28-31-40-39-19-8-7-15-35(39)27-32-42(40)47(36)45)46-24-12-21-43-41-20-9-10-22-44(41)50(48(43)46)37-17-5-2-6-18-37/h1-32H. The summed E-state index contributed by atoms with van der Waals surface area (Å²) in [5.41, 5.74) is 9.28. The Kier molecular flexibility index (Phi) is 6.53. The molecule has 0 fully saturated rings. The molecule has 10 aromatic rings. The van der Waals surface area contributed by atoms with Crippen molar-refractivity contribution < 1.29 is 0 Å². The molecule has 0 aliphatic heterocycles. The first-order valence-corrected chi connectivity index (χ1v) is 17.2. The van der Waals surface area contributed by atoms with Crippen LogP contribution in [0.5, 0.6) is 0 Å². The summed E-state index contributed by atoms with van der Waals surface area (Å²) in [7, 11) is 0. The highest BCUT2D eigenvalue weighted by atomic mass is 15.2. The lowest BCUT2D eigenvalue weighted by Gasteiger charge is -2.29. The minimum Gasteiger partial charge on any atom is -0.308 e. The summed E-state index contributed by atoms with van der Waals surface area (Å²) in [5, 5.41) is 9.95. The lowest BCUT2D eigenvalue weighted by Crippen LogP contribution is -2.12. The lowest BCUT2D eigenvalue weighted by molar-refractivity contribution is 1.17. The fourth-order valence-electron chi connectivity index (χ4n) is 7.91. The Labute approximate surface area is 290 Å². The third-order valence-electron chi connectivity index (χ3n) is 10.1. The number of fused-ring (bicyclic) bond motifs is 8. The van der Waals surface area contributed by atoms with Crippen LogP contribution in [0.1, 0.15) is 0 Å². The number of para-hydroxylation sites is 3. The molecule has 0 radical (unpaired) electrons. The first-order valence-electron chi connectivity index (χ1n) is 17.2. The van der Waals surface area contributed by atoms with Gasteiger partial charge < -0.3 is 9.47 Å². The van der Waals surface area contributed by atoms with Crippen LogP contribution in [0.3, 0.4) is 0 Å². The minimum absolute atomic E-state index is 1.10. The molecule has 0 unspecified atom stereocenters. The van der Waals surface area contributed by atoms with Crippen LogP contribution in [0.2, 0.25) is 0 Å². The third kappa shape index (κ3) is 4.43. The Morgan fingerprint density at radius 2 is 0.940 bits per heavy atom. The summed E-state index contributed by atoms with van der Waals surface area (Å²) >= 11 is 0. The smallest absolute Gasteiger partial charge is 0.0782 e. The van der Waals surface area contributed by atoms with E-state index in [4.69, 9.17) is 0 Å². The zero-order valence-electron chi connectivity index (χ0n) is 27.4. The van der Waals surface area contributed by atoms with E-state index in [1.165, 1.54) is 65.3 Å². The van der Waals surface area contributed by atoms with Gasteiger partial charge in [0.25, 0.3) is 0 Å². The molecule has 50 heavy (non-hydrogen) atoms. The molecule has 0 spiro atoms. The van der Waals surface area contributed by atoms with Crippen molar-refractivity contribution in [2.45, 2.75) is 0 Å². The zero-order valence-corrected chi connectivity index (χ0v) is 27.4. The lowest BCUT2D eigenvalue weighted by atomic mass is 9.95. The van der Waals surface area contributed by atoms with E-state index in [1.54, 1.807) is 0 Å². The maximum atomic E-state index is 2.48. The van der Waals surface area contributed by atoms with Crippen molar-refractivity contribution in [3.8, 4) is 16.8 Å². The number of anilines is 3. The number of hydrogen-bond donors (Lipinski definition) is 0. The van der Waals surface area contributed by atoms with Crippen molar-refractivity contribution in [2.75, 3.05) is 4.90 Å². The van der Waals surface area contributed by atoms with Crippen LogP contribution < -0.4 is 4.90 Å². The SMILES string of the molecule is c1ccc(-c2ccc(N(c3cccc4ccc5c6ccccc6ccc5c34)c3cccc4c5ccccc5n(-c5ccccc5)c34)cc2)cc1. The Morgan fingerprint density at radius 1 is 0.340 bits per heavy atom. The normalized spacial score (nSPS) is 11.6. The fourth-order valence-corrected chi connectivity index (χ4v) is 7.91. The Bertz CT molecular complexity index is 2850. The molecule has 0 N–H and O–H groups in total. The van der Waals surface area contributed by atoms with E-state index in [2.05, 4.69) is 204 Å². The highest BCUT2D eigenvalue weighted by Crippen LogP contribution is 2.47. The molecule has 0 bridgehead atoms. The van der Waals surface area contributed by atoms with E-state index in [9.17, 15) is 0 Å². The van der Waals surface area contributed by atoms with Gasteiger partial charge in [0.2, 0.25) is 0 Å². The number of nitrogens with zero attached hydrogens (tertiary/aromatic N) is 2. The first kappa shape index (κ1) is 28.4. The highest BCUT2D eigenvalue weighted by Gasteiger charge is 2.23. The van der Waals surface area contributed by atoms with Crippen molar-refractivity contribution in [1.82, 2.24) is 4.57 Å². The molecule has 2 heteroatoms. The minimum atomic E-state index is 1.10. The fraction of sp³-hybridized carbons (Fsp3) is 0. The highest BCUT2D eigenvalue weighted by molar-refractivity contribution is 6.22. The molecule has 0 aliphatic rings. The molecule has 9 aromatic carbocycles. The summed E-state index contributed by atoms with van der Waals surface area (Å²) in [4.78, 5) is 2.48. The molecule has 0 saturated carbocycles. The van der Waals surface area contributed by atoms with Crippen LogP contribution in [-0.4, -0.2) is 4.57 Å². The van der Waals surface area contributed by atoms with E-state index in [-0.39, 0.29) is 0 Å². The van der Waals surface area contributed by atoms with Gasteiger partial charge in [-0.1, -0.05) is 152 Å². The second kappa shape index (κ2) is 11.5. The van der Waals surface area contributed by atoms with Gasteiger partial charge in [-0.15, -0.1) is 0 Å². The van der Waals surface area contributed by atoms with Gasteiger partial charge in [0.05, 0.1) is 22.4 Å². The van der Waals surface area contributed by atoms with E-state index < -0.39 is 0 Å². The average Bonchev–Trinajstić information content (AvgIpc) is 3.54. The molecule has 0 saturated heterocycles. The molecule has 0 aliphatic carbocycles. The van der Waals surface area contributed by atoms with Crippen molar-refractivity contribution in [2.24, 2.45) is 0 Å². The van der Waals surface area contributed by atoms with Gasteiger partial charge in [-0.25, -0.2) is 0 Å². The predicted octanol–water partition coefficient (Wildman–Crippen LogP) is 13.4. The third-order valence-corrected chi connectivity index (χ3v) is 10.1. The monoisotopic (exact) mass is 636 g/mol. The van der Waals surface area contributed by atoms with E-state index in [0.717, 1.165) is 22.7 Å². The van der Waals surface area contributed by atoms with Crippen LogP contribution in [0.15, 0.2) is 194 Å². The van der Waals surface area contributed by atoms with Crippen LogP contribution in [0.4, 0.5) is 17.1 Å². The summed E-state index contributed by atoms with van der Waals surface area (Å²) in [6, 6.07) is 70.5. The molecule has 0 atom stereocenters. The van der Waals surface area contributed by atoms with Gasteiger partial charge in [-0.3, -0.25) is 0 Å². The molecule has 0 amide bonds. The number of benzene rings is 9. The van der Waals surface area contributed by atoms with E-state index in [1.807, 2.05) is 0 Å². The predicted molar refractivity (Wildman–Crippen MR) is 213 cm³/mol. The zero-order chi connectivity index (χ0) is 33.0. The Morgan fingerprint density at radius 3 is 1.78 bits per heavy atom. The van der Waals surface area contributed by atoms with E-state index >= 15 is 0 Å². The molecule has 1 aromatic heterocycles. The van der Waals surface area contributed by atoms with Gasteiger partial charge in [0, 0.05) is 27.5 Å². The van der Waals surface area contributed by atoms with Gasteiger partial charge >= 0.3 is 0 Å². The second-order valence-electron chi connectivity index (χ2n) is 12.9. The Balaban J connectivity index is 1.32. The van der Waals surface area contributed by atoms with Crippen molar-refractivity contribution in [3.05, 3.63) is 194 Å².